The molecule has 0 unspecified atom stereocenters. The minimum absolute atomic E-state index is 0.826. The van der Waals surface area contributed by atoms with Crippen molar-refractivity contribution in [3.8, 4) is 0 Å². The smallest absolute Gasteiger partial charge is 0.132 e. The maximum atomic E-state index is 4.46. The third-order valence-corrected chi connectivity index (χ3v) is 3.52. The fourth-order valence-electron chi connectivity index (χ4n) is 1.72. The van der Waals surface area contributed by atoms with Gasteiger partial charge >= 0.3 is 0 Å². The van der Waals surface area contributed by atoms with Crippen LogP contribution in [0.2, 0.25) is 0 Å². The Balaban J connectivity index is 1.95. The van der Waals surface area contributed by atoms with Crippen molar-refractivity contribution in [1.82, 2.24) is 15.0 Å². The monoisotopic (exact) mass is 277 g/mol. The van der Waals surface area contributed by atoms with Crippen molar-refractivity contribution in [2.75, 3.05) is 24.2 Å². The van der Waals surface area contributed by atoms with Crippen LogP contribution in [0, 0.1) is 6.92 Å². The molecule has 6 heteroatoms. The van der Waals surface area contributed by atoms with Crippen LogP contribution in [-0.2, 0) is 12.8 Å². The normalized spacial score (nSPS) is 10.5. The van der Waals surface area contributed by atoms with E-state index in [-0.39, 0.29) is 0 Å². The zero-order valence-electron chi connectivity index (χ0n) is 11.5. The second-order valence-corrected chi connectivity index (χ2v) is 5.26. The molecule has 0 amide bonds. The van der Waals surface area contributed by atoms with Crippen molar-refractivity contribution < 1.29 is 0 Å². The molecule has 0 aliphatic carbocycles. The zero-order chi connectivity index (χ0) is 13.7. The fourth-order valence-corrected chi connectivity index (χ4v) is 2.36. The SMILES string of the molecule is CCc1nc(NC)cc(NCCc2csc(C)n2)n1. The molecule has 0 aliphatic rings. The van der Waals surface area contributed by atoms with Crippen LogP contribution >= 0.6 is 11.3 Å². The van der Waals surface area contributed by atoms with Gasteiger partial charge in [0.05, 0.1) is 10.7 Å². The van der Waals surface area contributed by atoms with E-state index in [9.17, 15) is 0 Å². The lowest BCUT2D eigenvalue weighted by Crippen LogP contribution is -2.09. The molecule has 0 saturated carbocycles. The highest BCUT2D eigenvalue weighted by Crippen LogP contribution is 2.12. The molecule has 2 heterocycles. The van der Waals surface area contributed by atoms with Crippen molar-refractivity contribution >= 4 is 23.0 Å². The largest absolute Gasteiger partial charge is 0.373 e. The van der Waals surface area contributed by atoms with Crippen molar-refractivity contribution in [2.45, 2.75) is 26.7 Å². The van der Waals surface area contributed by atoms with E-state index in [1.807, 2.05) is 20.0 Å². The van der Waals surface area contributed by atoms with E-state index in [4.69, 9.17) is 0 Å². The van der Waals surface area contributed by atoms with Gasteiger partial charge in [0.2, 0.25) is 0 Å². The molecular weight excluding hydrogens is 258 g/mol. The molecule has 0 bridgehead atoms. The predicted molar refractivity (Wildman–Crippen MR) is 80.0 cm³/mol. The number of nitrogens with one attached hydrogen (secondary N) is 2. The Bertz CT molecular complexity index is 515. The average molecular weight is 277 g/mol. The van der Waals surface area contributed by atoms with E-state index >= 15 is 0 Å². The predicted octanol–water partition coefficient (Wildman–Crippen LogP) is 2.50. The number of hydrogen-bond donors (Lipinski definition) is 2. The molecule has 2 rings (SSSR count). The molecular formula is C13H19N5S. The lowest BCUT2D eigenvalue weighted by Gasteiger charge is -2.08. The molecule has 0 radical (unpaired) electrons. The van der Waals surface area contributed by atoms with Crippen LogP contribution < -0.4 is 10.6 Å². The van der Waals surface area contributed by atoms with Crippen LogP contribution in [0.15, 0.2) is 11.4 Å². The molecule has 19 heavy (non-hydrogen) atoms. The summed E-state index contributed by atoms with van der Waals surface area (Å²) in [6, 6.07) is 1.92. The van der Waals surface area contributed by atoms with Crippen LogP contribution in [0.3, 0.4) is 0 Å². The number of thiazole rings is 1. The summed E-state index contributed by atoms with van der Waals surface area (Å²) in [6.07, 6.45) is 1.74. The molecule has 0 fully saturated rings. The Morgan fingerprint density at radius 3 is 2.63 bits per heavy atom. The summed E-state index contributed by atoms with van der Waals surface area (Å²) in [5.74, 6) is 2.56. The lowest BCUT2D eigenvalue weighted by atomic mass is 10.3. The van der Waals surface area contributed by atoms with E-state index in [2.05, 4.69) is 37.9 Å². The van der Waals surface area contributed by atoms with Crippen molar-refractivity contribution in [1.29, 1.82) is 0 Å². The van der Waals surface area contributed by atoms with Gasteiger partial charge in [0.1, 0.15) is 17.5 Å². The number of hydrogen-bond acceptors (Lipinski definition) is 6. The Kier molecular flexibility index (Phi) is 4.68. The first-order chi connectivity index (χ1) is 9.21. The van der Waals surface area contributed by atoms with Gasteiger partial charge in [0.15, 0.2) is 0 Å². The molecule has 0 aliphatic heterocycles. The molecule has 0 atom stereocenters. The third kappa shape index (κ3) is 3.89. The van der Waals surface area contributed by atoms with Gasteiger partial charge in [-0.1, -0.05) is 6.92 Å². The van der Waals surface area contributed by atoms with Gasteiger partial charge in [-0.05, 0) is 6.92 Å². The minimum atomic E-state index is 0.826. The Labute approximate surface area is 117 Å². The average Bonchev–Trinajstić information content (AvgIpc) is 2.84. The van der Waals surface area contributed by atoms with Gasteiger partial charge in [-0.25, -0.2) is 15.0 Å². The number of aryl methyl sites for hydroxylation is 2. The Hall–Kier alpha value is -1.69. The van der Waals surface area contributed by atoms with Gasteiger partial charge in [-0.2, -0.15) is 0 Å². The highest BCUT2D eigenvalue weighted by molar-refractivity contribution is 7.09. The second-order valence-electron chi connectivity index (χ2n) is 4.19. The van der Waals surface area contributed by atoms with Crippen molar-refractivity contribution in [2.24, 2.45) is 0 Å². The van der Waals surface area contributed by atoms with Crippen molar-refractivity contribution in [3.05, 3.63) is 28.0 Å². The van der Waals surface area contributed by atoms with Crippen LogP contribution in [0.4, 0.5) is 11.6 Å². The van der Waals surface area contributed by atoms with Crippen molar-refractivity contribution in [3.63, 3.8) is 0 Å². The standard InChI is InChI=1S/C13H19N5S/c1-4-11-17-12(14-3)7-13(18-11)15-6-5-10-8-19-9(2)16-10/h7-8H,4-6H2,1-3H3,(H2,14,15,17,18). The second kappa shape index (κ2) is 6.47. The molecule has 0 aromatic carbocycles. The van der Waals surface area contributed by atoms with Crippen LogP contribution in [0.25, 0.3) is 0 Å². The molecule has 2 aromatic heterocycles. The topological polar surface area (TPSA) is 62.7 Å². The van der Waals surface area contributed by atoms with Crippen LogP contribution in [0.5, 0.6) is 0 Å². The number of nitrogens with zero attached hydrogens (tertiary/aromatic N) is 3. The van der Waals surface area contributed by atoms with Crippen LogP contribution in [-0.4, -0.2) is 28.5 Å². The molecule has 0 saturated heterocycles. The van der Waals surface area contributed by atoms with E-state index in [1.165, 1.54) is 0 Å². The summed E-state index contributed by atoms with van der Waals surface area (Å²) in [7, 11) is 1.86. The molecule has 2 N–H and O–H groups in total. The summed E-state index contributed by atoms with van der Waals surface area (Å²) in [4.78, 5) is 13.3. The summed E-state index contributed by atoms with van der Waals surface area (Å²) < 4.78 is 0. The summed E-state index contributed by atoms with van der Waals surface area (Å²) in [5, 5.41) is 9.60. The lowest BCUT2D eigenvalue weighted by molar-refractivity contribution is 0.918. The van der Waals surface area contributed by atoms with Crippen LogP contribution in [0.1, 0.15) is 23.4 Å². The molecule has 0 spiro atoms. The van der Waals surface area contributed by atoms with E-state index in [1.54, 1.807) is 11.3 Å². The fraction of sp³-hybridized carbons (Fsp3) is 0.462. The first-order valence-corrected chi connectivity index (χ1v) is 7.29. The molecule has 102 valence electrons. The molecule has 5 nitrogen and oxygen atoms in total. The van der Waals surface area contributed by atoms with E-state index < -0.39 is 0 Å². The highest BCUT2D eigenvalue weighted by atomic mass is 32.1. The third-order valence-electron chi connectivity index (χ3n) is 2.70. The van der Waals surface area contributed by atoms with E-state index in [0.717, 1.165) is 47.5 Å². The Morgan fingerprint density at radius 2 is 2.00 bits per heavy atom. The van der Waals surface area contributed by atoms with Gasteiger partial charge in [0, 0.05) is 37.9 Å². The number of anilines is 2. The Morgan fingerprint density at radius 1 is 1.21 bits per heavy atom. The van der Waals surface area contributed by atoms with Gasteiger partial charge in [-0.3, -0.25) is 0 Å². The minimum Gasteiger partial charge on any atom is -0.373 e. The van der Waals surface area contributed by atoms with E-state index in [0.29, 0.717) is 0 Å². The maximum absolute atomic E-state index is 4.46. The quantitative estimate of drug-likeness (QED) is 0.849. The number of rotatable bonds is 6. The first kappa shape index (κ1) is 13.7. The summed E-state index contributed by atoms with van der Waals surface area (Å²) >= 11 is 1.69. The summed E-state index contributed by atoms with van der Waals surface area (Å²) in [6.45, 7) is 4.90. The van der Waals surface area contributed by atoms with Gasteiger partial charge < -0.3 is 10.6 Å². The highest BCUT2D eigenvalue weighted by Gasteiger charge is 2.03. The van der Waals surface area contributed by atoms with Gasteiger partial charge in [0.25, 0.3) is 0 Å². The summed E-state index contributed by atoms with van der Waals surface area (Å²) in [5.41, 5.74) is 1.13. The first-order valence-electron chi connectivity index (χ1n) is 6.42. The van der Waals surface area contributed by atoms with Gasteiger partial charge in [-0.15, -0.1) is 11.3 Å². The number of aromatic nitrogens is 3. The maximum Gasteiger partial charge on any atom is 0.132 e. The zero-order valence-corrected chi connectivity index (χ0v) is 12.3. The molecule has 2 aromatic rings.